The number of esters is 1. The highest BCUT2D eigenvalue weighted by molar-refractivity contribution is 7.52. The lowest BCUT2D eigenvalue weighted by atomic mass is 9.92. The van der Waals surface area contributed by atoms with E-state index in [9.17, 15) is 31.3 Å². The van der Waals surface area contributed by atoms with Gasteiger partial charge in [-0.25, -0.2) is 17.7 Å². The minimum Gasteiger partial charge on any atom is -0.464 e. The molecule has 12 heteroatoms. The predicted octanol–water partition coefficient (Wildman–Crippen LogP) is 6.78. The first-order valence-corrected chi connectivity index (χ1v) is 13.6. The second-order valence-corrected chi connectivity index (χ2v) is 10.5. The first-order chi connectivity index (χ1) is 17.5. The van der Waals surface area contributed by atoms with E-state index in [0.29, 0.717) is 6.42 Å². The molecule has 0 saturated heterocycles. The molecule has 1 N–H and O–H groups in total. The Bertz CT molecular complexity index is 1160. The van der Waals surface area contributed by atoms with Crippen LogP contribution in [0.5, 0.6) is 11.5 Å². The highest BCUT2D eigenvalue weighted by Crippen LogP contribution is 2.48. The van der Waals surface area contributed by atoms with Gasteiger partial charge in [0.15, 0.2) is 0 Å². The number of benzene rings is 2. The molecule has 2 atom stereocenters. The molecule has 0 aromatic heterocycles. The maximum absolute atomic E-state index is 14.3. The molecule has 1 aliphatic rings. The Labute approximate surface area is 212 Å². The van der Waals surface area contributed by atoms with Crippen LogP contribution in [0.1, 0.15) is 57.6 Å². The minimum atomic E-state index is -4.97. The van der Waals surface area contributed by atoms with Crippen molar-refractivity contribution in [2.24, 2.45) is 5.92 Å². The van der Waals surface area contributed by atoms with Crippen LogP contribution in [-0.4, -0.2) is 18.6 Å². The number of rotatable bonds is 11. The molecule has 0 fully saturated rings. The molecule has 2 aromatic carbocycles. The number of fused-ring (bicyclic) bond motifs is 1. The second-order valence-electron chi connectivity index (χ2n) is 8.88. The molecule has 0 aliphatic heterocycles. The van der Waals surface area contributed by atoms with Crippen LogP contribution in [-0.2, 0) is 26.9 Å². The molecule has 2 aromatic rings. The third-order valence-electron chi connectivity index (χ3n) is 6.25. The van der Waals surface area contributed by atoms with Gasteiger partial charge < -0.3 is 13.8 Å². The highest BCUT2D eigenvalue weighted by atomic mass is 31.2. The number of nitrogens with one attached hydrogen (secondary N) is 1. The van der Waals surface area contributed by atoms with Gasteiger partial charge in [-0.2, -0.15) is 13.9 Å². The molecule has 3 rings (SSSR count). The summed E-state index contributed by atoms with van der Waals surface area (Å²) in [7, 11) is -4.97. The van der Waals surface area contributed by atoms with Crippen molar-refractivity contribution in [1.82, 2.24) is 5.09 Å². The summed E-state index contributed by atoms with van der Waals surface area (Å²) in [5, 5.41) is 2.20. The Hall–Kier alpha value is -2.65. The molecule has 1 unspecified atom stereocenters. The van der Waals surface area contributed by atoms with Gasteiger partial charge in [0.2, 0.25) is 34.8 Å². The van der Waals surface area contributed by atoms with Crippen LogP contribution in [0.4, 0.5) is 22.0 Å². The molecule has 1 aliphatic carbocycles. The maximum Gasteiger partial charge on any atom is 0.513 e. The number of carbonyl (C=O) groups excluding carboxylic acids is 1. The van der Waals surface area contributed by atoms with Crippen LogP contribution in [0.25, 0.3) is 0 Å². The van der Waals surface area contributed by atoms with Crippen molar-refractivity contribution in [2.75, 3.05) is 6.61 Å². The summed E-state index contributed by atoms with van der Waals surface area (Å²) in [6.07, 6.45) is 4.93. The predicted molar refractivity (Wildman–Crippen MR) is 126 cm³/mol. The number of aryl methyl sites for hydroxylation is 2. The van der Waals surface area contributed by atoms with Crippen LogP contribution in [0.15, 0.2) is 18.2 Å². The van der Waals surface area contributed by atoms with Gasteiger partial charge in [0.1, 0.15) is 11.8 Å². The number of hydrogen-bond acceptors (Lipinski definition) is 5. The second kappa shape index (κ2) is 12.3. The average Bonchev–Trinajstić information content (AvgIpc) is 2.89. The van der Waals surface area contributed by atoms with E-state index in [1.165, 1.54) is 13.0 Å². The van der Waals surface area contributed by atoms with E-state index in [0.717, 1.165) is 43.2 Å². The van der Waals surface area contributed by atoms with Gasteiger partial charge >= 0.3 is 13.7 Å². The van der Waals surface area contributed by atoms with Gasteiger partial charge in [-0.1, -0.05) is 32.8 Å². The SMILES string of the molecule is CCC(CC)COC(=O)[C@H](C)NP(=O)(Oc1ccc2c(c1)CCCC2)Oc1c(F)c(F)c(F)c(F)c1F. The fourth-order valence-corrected chi connectivity index (χ4v) is 5.42. The summed E-state index contributed by atoms with van der Waals surface area (Å²) in [5.41, 5.74) is 1.93. The Morgan fingerprint density at radius 3 is 2.08 bits per heavy atom. The molecule has 0 spiro atoms. The zero-order valence-corrected chi connectivity index (χ0v) is 21.6. The van der Waals surface area contributed by atoms with Crippen LogP contribution in [0.2, 0.25) is 0 Å². The molecule has 6 nitrogen and oxygen atoms in total. The summed E-state index contributed by atoms with van der Waals surface area (Å²) in [5.74, 6) is -14.3. The summed E-state index contributed by atoms with van der Waals surface area (Å²) in [6, 6.07) is 3.33. The van der Waals surface area contributed by atoms with Gasteiger partial charge in [0.05, 0.1) is 6.61 Å². The van der Waals surface area contributed by atoms with Crippen molar-refractivity contribution in [1.29, 1.82) is 0 Å². The van der Waals surface area contributed by atoms with E-state index in [4.69, 9.17) is 13.8 Å². The number of ether oxygens (including phenoxy) is 1. The Kier molecular flexibility index (Phi) is 9.58. The lowest BCUT2D eigenvalue weighted by Gasteiger charge is -2.25. The highest BCUT2D eigenvalue weighted by Gasteiger charge is 2.38. The van der Waals surface area contributed by atoms with E-state index in [2.05, 4.69) is 5.09 Å². The molecule has 0 heterocycles. The van der Waals surface area contributed by atoms with Crippen molar-refractivity contribution in [3.05, 3.63) is 58.4 Å². The van der Waals surface area contributed by atoms with Gasteiger partial charge in [0, 0.05) is 0 Å². The Morgan fingerprint density at radius 2 is 1.49 bits per heavy atom. The molecular weight excluding hydrogens is 520 g/mol. The summed E-state index contributed by atoms with van der Waals surface area (Å²) in [4.78, 5) is 12.5. The van der Waals surface area contributed by atoms with E-state index >= 15 is 0 Å². The summed E-state index contributed by atoms with van der Waals surface area (Å²) >= 11 is 0. The normalized spacial score (nSPS) is 15.6. The molecular formula is C25H29F5NO5P. The topological polar surface area (TPSA) is 73.9 Å². The van der Waals surface area contributed by atoms with Crippen LogP contribution in [0.3, 0.4) is 0 Å². The molecule has 0 amide bonds. The van der Waals surface area contributed by atoms with Crippen molar-refractivity contribution >= 4 is 13.7 Å². The van der Waals surface area contributed by atoms with Gasteiger partial charge in [-0.3, -0.25) is 4.79 Å². The van der Waals surface area contributed by atoms with E-state index in [1.807, 2.05) is 13.8 Å². The Morgan fingerprint density at radius 1 is 0.919 bits per heavy atom. The van der Waals surface area contributed by atoms with E-state index < -0.39 is 54.6 Å². The van der Waals surface area contributed by atoms with Crippen molar-refractivity contribution in [3.63, 3.8) is 0 Å². The third kappa shape index (κ3) is 6.82. The van der Waals surface area contributed by atoms with E-state index in [1.54, 1.807) is 12.1 Å². The van der Waals surface area contributed by atoms with Gasteiger partial charge in [-0.05, 0) is 61.8 Å². The minimum absolute atomic E-state index is 0.0436. The molecule has 0 radical (unpaired) electrons. The van der Waals surface area contributed by atoms with Gasteiger partial charge in [-0.15, -0.1) is 0 Å². The quantitative estimate of drug-likeness (QED) is 0.110. The third-order valence-corrected chi connectivity index (χ3v) is 7.83. The maximum atomic E-state index is 14.3. The fraction of sp³-hybridized carbons (Fsp3) is 0.480. The zero-order chi connectivity index (χ0) is 27.3. The first-order valence-electron chi connectivity index (χ1n) is 12.1. The van der Waals surface area contributed by atoms with Crippen LogP contribution >= 0.6 is 7.75 Å². The summed E-state index contributed by atoms with van der Waals surface area (Å²) < 4.78 is 98.8. The average molecular weight is 549 g/mol. The molecule has 37 heavy (non-hydrogen) atoms. The molecule has 0 saturated carbocycles. The molecule has 0 bridgehead atoms. The fourth-order valence-electron chi connectivity index (χ4n) is 3.90. The van der Waals surface area contributed by atoms with Gasteiger partial charge in [0.25, 0.3) is 0 Å². The monoisotopic (exact) mass is 549 g/mol. The number of halogens is 5. The lowest BCUT2D eigenvalue weighted by Crippen LogP contribution is -2.36. The number of carbonyl (C=O) groups is 1. The Balaban J connectivity index is 1.92. The van der Waals surface area contributed by atoms with Crippen molar-refractivity contribution < 1.29 is 45.1 Å². The van der Waals surface area contributed by atoms with E-state index in [-0.39, 0.29) is 18.3 Å². The smallest absolute Gasteiger partial charge is 0.464 e. The van der Waals surface area contributed by atoms with Crippen LogP contribution < -0.4 is 14.1 Å². The largest absolute Gasteiger partial charge is 0.513 e. The summed E-state index contributed by atoms with van der Waals surface area (Å²) in [6.45, 7) is 5.15. The molecule has 204 valence electrons. The number of hydrogen-bond donors (Lipinski definition) is 1. The first kappa shape index (κ1) is 28.9. The van der Waals surface area contributed by atoms with Crippen molar-refractivity contribution in [3.8, 4) is 11.5 Å². The van der Waals surface area contributed by atoms with Crippen LogP contribution in [0, 0.1) is 35.0 Å². The lowest BCUT2D eigenvalue weighted by molar-refractivity contribution is -0.146. The standard InChI is InChI=1S/C25H29F5NO5P/c1-4-15(5-2)13-34-25(32)14(3)31-37(33,35-18-11-10-16-8-6-7-9-17(16)12-18)36-24-22(29)20(27)19(26)21(28)23(24)30/h10-12,14-15H,4-9,13H2,1-3H3,(H,31,33)/t14-,37?/m0/s1. The van der Waals surface area contributed by atoms with Crippen molar-refractivity contribution in [2.45, 2.75) is 65.3 Å². The zero-order valence-electron chi connectivity index (χ0n) is 20.7.